The van der Waals surface area contributed by atoms with Crippen LogP contribution >= 0.6 is 0 Å². The molecule has 2 N–H and O–H groups in total. The Hall–Kier alpha value is -3.09. The molecule has 2 aromatic rings. The molecule has 0 radical (unpaired) electrons. The summed E-state index contributed by atoms with van der Waals surface area (Å²) in [6, 6.07) is 10.0. The van der Waals surface area contributed by atoms with Crippen molar-refractivity contribution >= 4 is 11.9 Å². The van der Waals surface area contributed by atoms with Crippen LogP contribution in [0, 0.1) is 5.92 Å². The second-order valence-corrected chi connectivity index (χ2v) is 5.92. The van der Waals surface area contributed by atoms with E-state index in [1.807, 2.05) is 25.1 Å². The van der Waals surface area contributed by atoms with Crippen LogP contribution in [0.5, 0.6) is 11.5 Å². The molecule has 0 aliphatic heterocycles. The molecule has 1 atom stereocenters. The first-order valence-electron chi connectivity index (χ1n) is 8.14. The number of carboxylic acid groups (broad SMARTS) is 1. The number of aromatic nitrogens is 1. The maximum atomic E-state index is 12.2. The van der Waals surface area contributed by atoms with E-state index in [0.29, 0.717) is 18.0 Å². The summed E-state index contributed by atoms with van der Waals surface area (Å²) in [5, 5.41) is 11.7. The molecular formula is C19H22N2O5. The molecule has 1 heterocycles. The fourth-order valence-corrected chi connectivity index (χ4v) is 2.52. The molecule has 7 heteroatoms. The predicted molar refractivity (Wildman–Crippen MR) is 95.9 cm³/mol. The smallest absolute Gasteiger partial charge is 0.354 e. The Morgan fingerprint density at radius 3 is 2.46 bits per heavy atom. The third-order valence-electron chi connectivity index (χ3n) is 3.84. The number of carbonyl (C=O) groups is 2. The van der Waals surface area contributed by atoms with Gasteiger partial charge in [-0.1, -0.05) is 19.1 Å². The van der Waals surface area contributed by atoms with Gasteiger partial charge < -0.3 is 19.9 Å². The minimum absolute atomic E-state index is 0.0863. The molecule has 0 spiro atoms. The highest BCUT2D eigenvalue weighted by Crippen LogP contribution is 2.28. The van der Waals surface area contributed by atoms with E-state index in [4.69, 9.17) is 14.6 Å². The number of carboxylic acids is 1. The van der Waals surface area contributed by atoms with Crippen LogP contribution in [0.1, 0.15) is 33.5 Å². The van der Waals surface area contributed by atoms with Gasteiger partial charge in [0.1, 0.15) is 11.4 Å². The SMILES string of the molecule is COc1ccc(CC(C)CNC(=O)c2cccc(C(=O)O)n2)cc1OC. The number of nitrogens with one attached hydrogen (secondary N) is 1. The lowest BCUT2D eigenvalue weighted by Gasteiger charge is -2.14. The summed E-state index contributed by atoms with van der Waals surface area (Å²) in [7, 11) is 3.17. The fraction of sp³-hybridized carbons (Fsp3) is 0.316. The van der Waals surface area contributed by atoms with Gasteiger partial charge in [0.2, 0.25) is 0 Å². The molecule has 1 amide bonds. The zero-order valence-electron chi connectivity index (χ0n) is 15.0. The number of rotatable bonds is 8. The molecule has 0 aliphatic rings. The number of amides is 1. The standard InChI is InChI=1S/C19H22N2O5/c1-12(9-13-7-8-16(25-2)17(10-13)26-3)11-20-18(22)14-5-4-6-15(21-14)19(23)24/h4-8,10,12H,9,11H2,1-3H3,(H,20,22)(H,23,24). The second kappa shape index (κ2) is 8.84. The van der Waals surface area contributed by atoms with E-state index >= 15 is 0 Å². The average molecular weight is 358 g/mol. The third kappa shape index (κ3) is 4.95. The van der Waals surface area contributed by atoms with Crippen LogP contribution in [0.4, 0.5) is 0 Å². The Morgan fingerprint density at radius 2 is 1.81 bits per heavy atom. The number of hydrogen-bond donors (Lipinski definition) is 2. The molecule has 0 bridgehead atoms. The highest BCUT2D eigenvalue weighted by Gasteiger charge is 2.13. The lowest BCUT2D eigenvalue weighted by atomic mass is 10.0. The molecular weight excluding hydrogens is 336 g/mol. The van der Waals surface area contributed by atoms with E-state index in [1.165, 1.54) is 18.2 Å². The summed E-state index contributed by atoms with van der Waals surface area (Å²) in [5.74, 6) is -0.0639. The van der Waals surface area contributed by atoms with Crippen molar-refractivity contribution < 1.29 is 24.2 Å². The van der Waals surface area contributed by atoms with Crippen molar-refractivity contribution in [3.8, 4) is 11.5 Å². The molecule has 7 nitrogen and oxygen atoms in total. The maximum Gasteiger partial charge on any atom is 0.354 e. The van der Waals surface area contributed by atoms with Gasteiger partial charge in [-0.3, -0.25) is 4.79 Å². The number of nitrogens with zero attached hydrogens (tertiary/aromatic N) is 1. The predicted octanol–water partition coefficient (Wildman–Crippen LogP) is 2.41. The maximum absolute atomic E-state index is 12.2. The molecule has 0 fully saturated rings. The van der Waals surface area contributed by atoms with Crippen molar-refractivity contribution in [2.24, 2.45) is 5.92 Å². The first-order valence-corrected chi connectivity index (χ1v) is 8.14. The fourth-order valence-electron chi connectivity index (χ4n) is 2.52. The lowest BCUT2D eigenvalue weighted by molar-refractivity contribution is 0.0690. The van der Waals surface area contributed by atoms with Gasteiger partial charge in [-0.2, -0.15) is 0 Å². The van der Waals surface area contributed by atoms with Crippen molar-refractivity contribution in [3.63, 3.8) is 0 Å². The number of ether oxygens (including phenoxy) is 2. The summed E-state index contributed by atoms with van der Waals surface area (Å²) in [5.41, 5.74) is 0.995. The molecule has 138 valence electrons. The van der Waals surface area contributed by atoms with Crippen molar-refractivity contribution in [2.45, 2.75) is 13.3 Å². The van der Waals surface area contributed by atoms with E-state index in [0.717, 1.165) is 12.0 Å². The van der Waals surface area contributed by atoms with E-state index < -0.39 is 11.9 Å². The van der Waals surface area contributed by atoms with E-state index in [1.54, 1.807) is 14.2 Å². The Labute approximate surface area is 152 Å². The number of hydrogen-bond acceptors (Lipinski definition) is 5. The van der Waals surface area contributed by atoms with E-state index in [2.05, 4.69) is 10.3 Å². The lowest BCUT2D eigenvalue weighted by Crippen LogP contribution is -2.30. The first kappa shape index (κ1) is 19.2. The molecule has 0 saturated heterocycles. The quantitative estimate of drug-likeness (QED) is 0.752. The Balaban J connectivity index is 1.94. The number of methoxy groups -OCH3 is 2. The van der Waals surface area contributed by atoms with E-state index in [-0.39, 0.29) is 17.3 Å². The molecule has 1 unspecified atom stereocenters. The highest BCUT2D eigenvalue weighted by molar-refractivity contribution is 5.94. The van der Waals surface area contributed by atoms with Crippen molar-refractivity contribution in [3.05, 3.63) is 53.3 Å². The Bertz CT molecular complexity index is 791. The molecule has 1 aromatic heterocycles. The summed E-state index contributed by atoms with van der Waals surface area (Å²) >= 11 is 0. The zero-order chi connectivity index (χ0) is 19.1. The van der Waals surface area contributed by atoms with Crippen molar-refractivity contribution in [2.75, 3.05) is 20.8 Å². The van der Waals surface area contributed by atoms with Gasteiger partial charge in [-0.15, -0.1) is 0 Å². The van der Waals surface area contributed by atoms with Crippen LogP contribution < -0.4 is 14.8 Å². The topological polar surface area (TPSA) is 97.8 Å². The molecule has 1 aromatic carbocycles. The first-order chi connectivity index (χ1) is 12.4. The summed E-state index contributed by atoms with van der Waals surface area (Å²) in [6.07, 6.45) is 0.739. The number of benzene rings is 1. The minimum Gasteiger partial charge on any atom is -0.493 e. The van der Waals surface area contributed by atoms with Crippen LogP contribution in [-0.4, -0.2) is 42.7 Å². The molecule has 0 saturated carbocycles. The van der Waals surface area contributed by atoms with Crippen LogP contribution in [0.2, 0.25) is 0 Å². The number of pyridine rings is 1. The summed E-state index contributed by atoms with van der Waals surface area (Å²) in [4.78, 5) is 26.9. The van der Waals surface area contributed by atoms with Gasteiger partial charge in [-0.25, -0.2) is 9.78 Å². The molecule has 26 heavy (non-hydrogen) atoms. The largest absolute Gasteiger partial charge is 0.493 e. The average Bonchev–Trinajstić information content (AvgIpc) is 2.66. The van der Waals surface area contributed by atoms with Gasteiger partial charge in [0.15, 0.2) is 11.5 Å². The van der Waals surface area contributed by atoms with Crippen LogP contribution in [0.15, 0.2) is 36.4 Å². The van der Waals surface area contributed by atoms with Crippen molar-refractivity contribution in [1.82, 2.24) is 10.3 Å². The van der Waals surface area contributed by atoms with Crippen LogP contribution in [-0.2, 0) is 6.42 Å². The monoisotopic (exact) mass is 358 g/mol. The minimum atomic E-state index is -1.17. The van der Waals surface area contributed by atoms with Crippen LogP contribution in [0.25, 0.3) is 0 Å². The summed E-state index contributed by atoms with van der Waals surface area (Å²) < 4.78 is 10.5. The third-order valence-corrected chi connectivity index (χ3v) is 3.84. The normalized spacial score (nSPS) is 11.5. The second-order valence-electron chi connectivity index (χ2n) is 5.92. The number of carbonyl (C=O) groups excluding carboxylic acids is 1. The molecule has 2 rings (SSSR count). The van der Waals surface area contributed by atoms with Gasteiger partial charge in [0.25, 0.3) is 5.91 Å². The van der Waals surface area contributed by atoms with Gasteiger partial charge in [0.05, 0.1) is 14.2 Å². The Morgan fingerprint density at radius 1 is 1.12 bits per heavy atom. The van der Waals surface area contributed by atoms with Crippen molar-refractivity contribution in [1.29, 1.82) is 0 Å². The van der Waals surface area contributed by atoms with Gasteiger partial charge >= 0.3 is 5.97 Å². The highest BCUT2D eigenvalue weighted by atomic mass is 16.5. The summed E-state index contributed by atoms with van der Waals surface area (Å²) in [6.45, 7) is 2.45. The van der Waals surface area contributed by atoms with Gasteiger partial charge in [0, 0.05) is 6.54 Å². The van der Waals surface area contributed by atoms with Crippen LogP contribution in [0.3, 0.4) is 0 Å². The van der Waals surface area contributed by atoms with Gasteiger partial charge in [-0.05, 0) is 42.2 Å². The Kier molecular flexibility index (Phi) is 6.54. The number of aromatic carboxylic acids is 1. The molecule has 0 aliphatic carbocycles. The zero-order valence-corrected chi connectivity index (χ0v) is 15.0. The van der Waals surface area contributed by atoms with E-state index in [9.17, 15) is 9.59 Å².